The summed E-state index contributed by atoms with van der Waals surface area (Å²) in [6.07, 6.45) is 3.36. The maximum Gasteiger partial charge on any atom is 0.256 e. The van der Waals surface area contributed by atoms with Gasteiger partial charge in [-0.15, -0.1) is 0 Å². The lowest BCUT2D eigenvalue weighted by Crippen LogP contribution is -2.51. The zero-order chi connectivity index (χ0) is 13.4. The highest BCUT2D eigenvalue weighted by atomic mass is 35.5. The quantitative estimate of drug-likeness (QED) is 0.803. The highest BCUT2D eigenvalue weighted by Gasteiger charge is 2.39. The smallest absolute Gasteiger partial charge is 0.256 e. The van der Waals surface area contributed by atoms with E-state index >= 15 is 0 Å². The number of morpholine rings is 1. The molecule has 1 saturated heterocycles. The first kappa shape index (κ1) is 12.8. The number of nitrogens with zero attached hydrogens (tertiary/aromatic N) is 1. The highest BCUT2D eigenvalue weighted by molar-refractivity contribution is 6.33. The fourth-order valence-corrected chi connectivity index (χ4v) is 3.23. The van der Waals surface area contributed by atoms with Gasteiger partial charge in [0.2, 0.25) is 0 Å². The van der Waals surface area contributed by atoms with E-state index < -0.39 is 0 Å². The van der Waals surface area contributed by atoms with Crippen LogP contribution in [0.4, 0.5) is 5.69 Å². The van der Waals surface area contributed by atoms with Crippen molar-refractivity contribution >= 4 is 23.2 Å². The SMILES string of the molecule is Nc1c(Cl)cccc1C(=O)N1CCOC2CCCC21. The van der Waals surface area contributed by atoms with Gasteiger partial charge in [-0.25, -0.2) is 0 Å². The number of hydrogen-bond acceptors (Lipinski definition) is 3. The molecule has 1 amide bonds. The number of amides is 1. The minimum atomic E-state index is -0.0276. The van der Waals surface area contributed by atoms with Gasteiger partial charge in [0.15, 0.2) is 0 Å². The summed E-state index contributed by atoms with van der Waals surface area (Å²) in [7, 11) is 0. The minimum absolute atomic E-state index is 0.0276. The van der Waals surface area contributed by atoms with Crippen LogP contribution in [0.15, 0.2) is 18.2 Å². The Hall–Kier alpha value is -1.26. The van der Waals surface area contributed by atoms with Gasteiger partial charge in [0.1, 0.15) is 0 Å². The van der Waals surface area contributed by atoms with Gasteiger partial charge in [-0.3, -0.25) is 4.79 Å². The van der Waals surface area contributed by atoms with E-state index in [2.05, 4.69) is 0 Å². The lowest BCUT2D eigenvalue weighted by Gasteiger charge is -2.37. The van der Waals surface area contributed by atoms with Crippen molar-refractivity contribution in [3.8, 4) is 0 Å². The Balaban J connectivity index is 1.88. The molecular formula is C14H17ClN2O2. The number of nitrogen functional groups attached to an aromatic ring is 1. The fourth-order valence-electron chi connectivity index (χ4n) is 3.06. The van der Waals surface area contributed by atoms with Crippen molar-refractivity contribution in [3.05, 3.63) is 28.8 Å². The molecular weight excluding hydrogens is 264 g/mol. The van der Waals surface area contributed by atoms with Crippen LogP contribution in [0.1, 0.15) is 29.6 Å². The predicted molar refractivity (Wildman–Crippen MR) is 74.3 cm³/mol. The van der Waals surface area contributed by atoms with Crippen molar-refractivity contribution in [2.45, 2.75) is 31.4 Å². The van der Waals surface area contributed by atoms with Crippen molar-refractivity contribution in [2.75, 3.05) is 18.9 Å². The number of para-hydroxylation sites is 1. The van der Waals surface area contributed by atoms with E-state index in [1.165, 1.54) is 0 Å². The zero-order valence-electron chi connectivity index (χ0n) is 10.6. The molecule has 2 unspecified atom stereocenters. The molecule has 19 heavy (non-hydrogen) atoms. The van der Waals surface area contributed by atoms with Gasteiger partial charge >= 0.3 is 0 Å². The second kappa shape index (κ2) is 5.02. The molecule has 5 heteroatoms. The normalized spacial score (nSPS) is 26.3. The van der Waals surface area contributed by atoms with E-state index in [0.717, 1.165) is 19.3 Å². The van der Waals surface area contributed by atoms with Crippen LogP contribution >= 0.6 is 11.6 Å². The van der Waals surface area contributed by atoms with Gasteiger partial charge in [-0.2, -0.15) is 0 Å². The molecule has 0 aromatic heterocycles. The van der Waals surface area contributed by atoms with E-state index in [9.17, 15) is 4.79 Å². The summed E-state index contributed by atoms with van der Waals surface area (Å²) in [5.74, 6) is -0.0276. The largest absolute Gasteiger partial charge is 0.397 e. The molecule has 2 atom stereocenters. The van der Waals surface area contributed by atoms with Crippen molar-refractivity contribution in [1.82, 2.24) is 4.90 Å². The van der Waals surface area contributed by atoms with Crippen LogP contribution in [-0.2, 0) is 4.74 Å². The summed E-state index contributed by atoms with van der Waals surface area (Å²) in [6.45, 7) is 1.24. The number of carbonyl (C=O) groups is 1. The molecule has 2 N–H and O–H groups in total. The van der Waals surface area contributed by atoms with Crippen LogP contribution < -0.4 is 5.73 Å². The number of fused-ring (bicyclic) bond motifs is 1. The average molecular weight is 281 g/mol. The van der Waals surface area contributed by atoms with Crippen molar-refractivity contribution in [2.24, 2.45) is 0 Å². The molecule has 0 bridgehead atoms. The number of benzene rings is 1. The van der Waals surface area contributed by atoms with E-state index in [0.29, 0.717) is 29.4 Å². The van der Waals surface area contributed by atoms with Gasteiger partial charge in [-0.05, 0) is 31.4 Å². The Morgan fingerprint density at radius 2 is 2.26 bits per heavy atom. The average Bonchev–Trinajstić information content (AvgIpc) is 2.89. The van der Waals surface area contributed by atoms with Crippen LogP contribution in [0.5, 0.6) is 0 Å². The molecule has 102 valence electrons. The van der Waals surface area contributed by atoms with Gasteiger partial charge in [0, 0.05) is 6.54 Å². The van der Waals surface area contributed by atoms with E-state index in [1.807, 2.05) is 4.90 Å². The summed E-state index contributed by atoms with van der Waals surface area (Å²) < 4.78 is 5.72. The van der Waals surface area contributed by atoms with Crippen LogP contribution in [0, 0.1) is 0 Å². The molecule has 1 saturated carbocycles. The first-order chi connectivity index (χ1) is 9.18. The van der Waals surface area contributed by atoms with Crippen LogP contribution in [0.25, 0.3) is 0 Å². The van der Waals surface area contributed by atoms with Crippen molar-refractivity contribution in [1.29, 1.82) is 0 Å². The molecule has 2 aliphatic rings. The standard InChI is InChI=1S/C14H17ClN2O2/c15-10-4-1-3-9(13(10)16)14(18)17-7-8-19-12-6-2-5-11(12)17/h1,3-4,11-12H,2,5-8,16H2. The van der Waals surface area contributed by atoms with Crippen LogP contribution in [-0.4, -0.2) is 36.1 Å². The number of hydrogen-bond donors (Lipinski definition) is 1. The molecule has 1 heterocycles. The van der Waals surface area contributed by atoms with E-state index in [-0.39, 0.29) is 18.1 Å². The highest BCUT2D eigenvalue weighted by Crippen LogP contribution is 2.32. The third-order valence-electron chi connectivity index (χ3n) is 4.03. The summed E-state index contributed by atoms with van der Waals surface area (Å²) in [6, 6.07) is 5.40. The van der Waals surface area contributed by atoms with Gasteiger partial charge < -0.3 is 15.4 Å². The summed E-state index contributed by atoms with van der Waals surface area (Å²) in [5.41, 5.74) is 6.79. The van der Waals surface area contributed by atoms with E-state index in [4.69, 9.17) is 22.1 Å². The van der Waals surface area contributed by atoms with Gasteiger partial charge in [0.05, 0.1) is 35.0 Å². The molecule has 4 nitrogen and oxygen atoms in total. The monoisotopic (exact) mass is 280 g/mol. The molecule has 3 rings (SSSR count). The summed E-state index contributed by atoms with van der Waals surface area (Å²) in [5, 5.41) is 0.432. The maximum absolute atomic E-state index is 12.6. The predicted octanol–water partition coefficient (Wildman–Crippen LogP) is 2.32. The Kier molecular flexibility index (Phi) is 3.37. The topological polar surface area (TPSA) is 55.6 Å². The third-order valence-corrected chi connectivity index (χ3v) is 4.36. The Labute approximate surface area is 117 Å². The molecule has 0 radical (unpaired) electrons. The number of nitrogens with two attached hydrogens (primary N) is 1. The summed E-state index contributed by atoms with van der Waals surface area (Å²) >= 11 is 5.99. The Morgan fingerprint density at radius 1 is 1.42 bits per heavy atom. The Morgan fingerprint density at radius 3 is 3.11 bits per heavy atom. The molecule has 1 aromatic rings. The number of halogens is 1. The first-order valence-corrected chi connectivity index (χ1v) is 7.03. The lowest BCUT2D eigenvalue weighted by atomic mass is 10.1. The second-order valence-electron chi connectivity index (χ2n) is 5.11. The van der Waals surface area contributed by atoms with Crippen LogP contribution in [0.2, 0.25) is 5.02 Å². The van der Waals surface area contributed by atoms with Crippen molar-refractivity contribution in [3.63, 3.8) is 0 Å². The molecule has 1 aliphatic heterocycles. The number of anilines is 1. The molecule has 1 aliphatic carbocycles. The van der Waals surface area contributed by atoms with Crippen molar-refractivity contribution < 1.29 is 9.53 Å². The molecule has 1 aromatic carbocycles. The van der Waals surface area contributed by atoms with Gasteiger partial charge in [-0.1, -0.05) is 17.7 Å². The van der Waals surface area contributed by atoms with Crippen LogP contribution in [0.3, 0.4) is 0 Å². The molecule has 2 fully saturated rings. The maximum atomic E-state index is 12.6. The Bertz CT molecular complexity index is 506. The van der Waals surface area contributed by atoms with Gasteiger partial charge in [0.25, 0.3) is 5.91 Å². The molecule has 0 spiro atoms. The first-order valence-electron chi connectivity index (χ1n) is 6.65. The number of carbonyl (C=O) groups excluding carboxylic acids is 1. The fraction of sp³-hybridized carbons (Fsp3) is 0.500. The zero-order valence-corrected chi connectivity index (χ0v) is 11.4. The second-order valence-corrected chi connectivity index (χ2v) is 5.51. The minimum Gasteiger partial charge on any atom is -0.397 e. The third kappa shape index (κ3) is 2.19. The number of ether oxygens (including phenoxy) is 1. The lowest BCUT2D eigenvalue weighted by molar-refractivity contribution is -0.0445. The number of rotatable bonds is 1. The summed E-state index contributed by atoms with van der Waals surface area (Å²) in [4.78, 5) is 14.6. The van der Waals surface area contributed by atoms with E-state index in [1.54, 1.807) is 18.2 Å².